The Morgan fingerprint density at radius 2 is 0.583 bits per heavy atom. The third-order valence-corrected chi connectivity index (χ3v) is 11.4. The second-order valence-electron chi connectivity index (χ2n) is 14.9. The molecular weight excluding hydrogens is 743 g/mol. The highest BCUT2D eigenvalue weighted by atomic mass is 19.1. The van der Waals surface area contributed by atoms with E-state index in [9.17, 15) is 8.78 Å². The van der Waals surface area contributed by atoms with Gasteiger partial charge >= 0.3 is 0 Å². The summed E-state index contributed by atoms with van der Waals surface area (Å²) in [6, 6.07) is 72.9. The largest absolute Gasteiger partial charge is 0.311 e. The van der Waals surface area contributed by atoms with Crippen LogP contribution >= 0.6 is 0 Å². The molecule has 2 heterocycles. The molecule has 60 heavy (non-hydrogen) atoms. The maximum atomic E-state index is 14.1. The molecule has 0 atom stereocenters. The first-order valence-electron chi connectivity index (χ1n) is 20.0. The van der Waals surface area contributed by atoms with Gasteiger partial charge in [0.05, 0.1) is 22.1 Å². The molecule has 0 aliphatic rings. The van der Waals surface area contributed by atoms with Gasteiger partial charge in [-0.1, -0.05) is 72.8 Å². The van der Waals surface area contributed by atoms with Gasteiger partial charge in [0.25, 0.3) is 0 Å². The molecule has 2 aromatic heterocycles. The molecule has 0 saturated heterocycles. The number of anilines is 6. The Bertz CT molecular complexity index is 3120. The third-order valence-electron chi connectivity index (χ3n) is 11.4. The number of hydrogen-bond donors (Lipinski definition) is 0. The molecule has 0 bridgehead atoms. The minimum atomic E-state index is -0.267. The molecule has 0 N–H and O–H groups in total. The fourth-order valence-electron chi connectivity index (χ4n) is 8.74. The van der Waals surface area contributed by atoms with E-state index in [1.54, 1.807) is 0 Å². The molecule has 11 aromatic rings. The molecule has 0 aliphatic carbocycles. The average Bonchev–Trinajstić information content (AvgIpc) is 3.81. The van der Waals surface area contributed by atoms with E-state index < -0.39 is 0 Å². The fraction of sp³-hybridized carbons (Fsp3) is 0. The quantitative estimate of drug-likeness (QED) is 0.153. The zero-order chi connectivity index (χ0) is 40.2. The van der Waals surface area contributed by atoms with Crippen LogP contribution in [0.25, 0.3) is 55.0 Å². The summed E-state index contributed by atoms with van der Waals surface area (Å²) in [7, 11) is 0. The summed E-state index contributed by atoms with van der Waals surface area (Å²) >= 11 is 0. The highest BCUT2D eigenvalue weighted by Crippen LogP contribution is 2.43. The molecule has 9 aromatic carbocycles. The first-order chi connectivity index (χ1) is 29.6. The Morgan fingerprint density at radius 1 is 0.267 bits per heavy atom. The maximum absolute atomic E-state index is 14.1. The topological polar surface area (TPSA) is 16.3 Å². The van der Waals surface area contributed by atoms with Crippen molar-refractivity contribution in [1.82, 2.24) is 9.13 Å². The Kier molecular flexibility index (Phi) is 8.48. The van der Waals surface area contributed by atoms with Gasteiger partial charge in [0.15, 0.2) is 0 Å². The third kappa shape index (κ3) is 5.96. The standard InChI is InChI=1S/C54H36F2N4/c55-37-19-23-43(24-20-37)59-51-17-9-7-15-47(51)49-35-45(31-33-53(49)59)58(42-29-27-41(28-30-42)57(39-11-3-1-4-12-39)40-13-5-2-6-14-40)46-32-34-54-50(36-46)48-16-8-10-18-52(48)60(54)44-25-21-38(56)22-26-44/h1-36H. The van der Waals surface area contributed by atoms with Gasteiger partial charge in [-0.15, -0.1) is 0 Å². The number of fused-ring (bicyclic) bond motifs is 6. The first-order valence-corrected chi connectivity index (χ1v) is 20.0. The van der Waals surface area contributed by atoms with Crippen molar-refractivity contribution in [3.05, 3.63) is 230 Å². The van der Waals surface area contributed by atoms with Crippen LogP contribution in [0.1, 0.15) is 0 Å². The lowest BCUT2D eigenvalue weighted by Crippen LogP contribution is -2.12. The SMILES string of the molecule is Fc1ccc(-n2c3ccccc3c3cc(N(c4ccc(N(c5ccccc5)c5ccccc5)cc4)c4ccc5c(c4)c4ccccc4n5-c4ccc(F)cc4)ccc32)cc1. The van der Waals surface area contributed by atoms with Crippen LogP contribution < -0.4 is 9.80 Å². The molecule has 6 heteroatoms. The molecule has 0 saturated carbocycles. The van der Waals surface area contributed by atoms with Crippen molar-refractivity contribution in [2.75, 3.05) is 9.80 Å². The van der Waals surface area contributed by atoms with Crippen molar-refractivity contribution < 1.29 is 8.78 Å². The van der Waals surface area contributed by atoms with Crippen LogP contribution in [-0.2, 0) is 0 Å². The van der Waals surface area contributed by atoms with E-state index >= 15 is 0 Å². The van der Waals surface area contributed by atoms with E-state index in [0.29, 0.717) is 0 Å². The summed E-state index contributed by atoms with van der Waals surface area (Å²) in [6.07, 6.45) is 0. The van der Waals surface area contributed by atoms with Gasteiger partial charge in [0, 0.05) is 67.0 Å². The highest BCUT2D eigenvalue weighted by molar-refractivity contribution is 6.12. The molecule has 11 rings (SSSR count). The zero-order valence-corrected chi connectivity index (χ0v) is 32.3. The van der Waals surface area contributed by atoms with Gasteiger partial charge in [0.2, 0.25) is 0 Å². The van der Waals surface area contributed by atoms with E-state index in [1.165, 1.54) is 24.3 Å². The van der Waals surface area contributed by atoms with Gasteiger partial charge in [-0.25, -0.2) is 8.78 Å². The molecule has 0 radical (unpaired) electrons. The summed E-state index contributed by atoms with van der Waals surface area (Å²) in [6.45, 7) is 0. The van der Waals surface area contributed by atoms with Gasteiger partial charge in [-0.3, -0.25) is 0 Å². The molecule has 286 valence electrons. The van der Waals surface area contributed by atoms with Crippen LogP contribution in [0, 0.1) is 11.6 Å². The van der Waals surface area contributed by atoms with Gasteiger partial charge in [0.1, 0.15) is 11.6 Å². The van der Waals surface area contributed by atoms with Crippen molar-refractivity contribution in [1.29, 1.82) is 0 Å². The van der Waals surface area contributed by atoms with Crippen molar-refractivity contribution >= 4 is 77.7 Å². The Morgan fingerprint density at radius 3 is 1.00 bits per heavy atom. The summed E-state index contributed by atoms with van der Waals surface area (Å²) in [5, 5.41) is 4.38. The van der Waals surface area contributed by atoms with E-state index in [-0.39, 0.29) is 11.6 Å². The predicted octanol–water partition coefficient (Wildman–Crippen LogP) is 15.1. The summed E-state index contributed by atoms with van der Waals surface area (Å²) in [4.78, 5) is 4.58. The normalized spacial score (nSPS) is 11.5. The van der Waals surface area contributed by atoms with E-state index in [4.69, 9.17) is 0 Å². The van der Waals surface area contributed by atoms with Crippen molar-refractivity contribution in [2.45, 2.75) is 0 Å². The second kappa shape index (κ2) is 14.5. The van der Waals surface area contributed by atoms with Crippen LogP contribution in [-0.4, -0.2) is 9.13 Å². The lowest BCUT2D eigenvalue weighted by atomic mass is 10.1. The molecule has 0 unspecified atom stereocenters. The van der Waals surface area contributed by atoms with E-state index in [2.05, 4.69) is 165 Å². The average molecular weight is 779 g/mol. The van der Waals surface area contributed by atoms with Crippen LogP contribution in [0.15, 0.2) is 218 Å². The minimum Gasteiger partial charge on any atom is -0.311 e. The molecule has 0 amide bonds. The lowest BCUT2D eigenvalue weighted by molar-refractivity contribution is 0.627. The van der Waals surface area contributed by atoms with Gasteiger partial charge in [-0.2, -0.15) is 0 Å². The number of nitrogens with zero attached hydrogens (tertiary/aromatic N) is 4. The Labute approximate surface area is 345 Å². The van der Waals surface area contributed by atoms with E-state index in [0.717, 1.165) is 89.1 Å². The van der Waals surface area contributed by atoms with Crippen LogP contribution in [0.4, 0.5) is 42.9 Å². The molecular formula is C54H36F2N4. The number of halogens is 2. The van der Waals surface area contributed by atoms with Gasteiger partial charge < -0.3 is 18.9 Å². The molecule has 0 aliphatic heterocycles. The lowest BCUT2D eigenvalue weighted by Gasteiger charge is -2.28. The van der Waals surface area contributed by atoms with Crippen LogP contribution in [0.5, 0.6) is 0 Å². The van der Waals surface area contributed by atoms with Crippen molar-refractivity contribution in [3.63, 3.8) is 0 Å². The van der Waals surface area contributed by atoms with Crippen molar-refractivity contribution in [2.24, 2.45) is 0 Å². The number of benzene rings is 9. The predicted molar refractivity (Wildman–Crippen MR) is 244 cm³/mol. The highest BCUT2D eigenvalue weighted by Gasteiger charge is 2.21. The summed E-state index contributed by atoms with van der Waals surface area (Å²) in [5.41, 5.74) is 12.1. The minimum absolute atomic E-state index is 0.267. The second-order valence-corrected chi connectivity index (χ2v) is 14.9. The molecule has 0 fully saturated rings. The fourth-order valence-corrected chi connectivity index (χ4v) is 8.74. The molecule has 4 nitrogen and oxygen atoms in total. The summed E-state index contributed by atoms with van der Waals surface area (Å²) in [5.74, 6) is -0.534. The number of rotatable bonds is 8. The monoisotopic (exact) mass is 778 g/mol. The van der Waals surface area contributed by atoms with Crippen LogP contribution in [0.2, 0.25) is 0 Å². The molecule has 0 spiro atoms. The Hall–Kier alpha value is -7.96. The van der Waals surface area contributed by atoms with Crippen molar-refractivity contribution in [3.8, 4) is 11.4 Å². The number of para-hydroxylation sites is 4. The summed E-state index contributed by atoms with van der Waals surface area (Å²) < 4.78 is 32.6. The Balaban J connectivity index is 1.12. The van der Waals surface area contributed by atoms with Crippen LogP contribution in [0.3, 0.4) is 0 Å². The number of hydrogen-bond acceptors (Lipinski definition) is 2. The zero-order valence-electron chi connectivity index (χ0n) is 32.3. The number of aromatic nitrogens is 2. The first kappa shape index (κ1) is 35.2. The van der Waals surface area contributed by atoms with E-state index in [1.807, 2.05) is 48.5 Å². The smallest absolute Gasteiger partial charge is 0.123 e. The van der Waals surface area contributed by atoms with Gasteiger partial charge in [-0.05, 0) is 146 Å². The maximum Gasteiger partial charge on any atom is 0.123 e.